The topological polar surface area (TPSA) is 67.1 Å². The zero-order valence-electron chi connectivity index (χ0n) is 8.76. The summed E-state index contributed by atoms with van der Waals surface area (Å²) < 4.78 is 0. The molecule has 1 atom stereocenters. The van der Waals surface area contributed by atoms with E-state index in [1.165, 1.54) is 0 Å². The number of aromatic nitrogens is 2. The van der Waals surface area contributed by atoms with E-state index in [1.54, 1.807) is 12.5 Å². The minimum atomic E-state index is 0.338. The zero-order chi connectivity index (χ0) is 10.5. The lowest BCUT2D eigenvalue weighted by molar-refractivity contribution is 0.163. The van der Waals surface area contributed by atoms with Crippen LogP contribution in [-0.4, -0.2) is 47.6 Å². The average molecular weight is 207 g/mol. The third-order valence-electron chi connectivity index (χ3n) is 2.72. The second-order valence-electron chi connectivity index (χ2n) is 3.68. The van der Waals surface area contributed by atoms with Gasteiger partial charge in [0.2, 0.25) is 0 Å². The largest absolute Gasteiger partial charge is 0.329 e. The van der Waals surface area contributed by atoms with Crippen molar-refractivity contribution in [3.05, 3.63) is 24.3 Å². The van der Waals surface area contributed by atoms with E-state index in [0.717, 1.165) is 31.9 Å². The fourth-order valence-electron chi connectivity index (χ4n) is 1.97. The summed E-state index contributed by atoms with van der Waals surface area (Å²) >= 11 is 0. The molecule has 1 aromatic heterocycles. The maximum atomic E-state index is 5.60. The van der Waals surface area contributed by atoms with Gasteiger partial charge in [0.05, 0.1) is 11.7 Å². The lowest BCUT2D eigenvalue weighted by Gasteiger charge is -2.35. The lowest BCUT2D eigenvalue weighted by atomic mass is 10.1. The molecule has 1 saturated heterocycles. The van der Waals surface area contributed by atoms with Gasteiger partial charge in [0.25, 0.3) is 0 Å². The van der Waals surface area contributed by atoms with Crippen molar-refractivity contribution in [2.75, 3.05) is 32.7 Å². The standard InChI is InChI=1S/C10H17N5/c11-2-5-15-6-4-12-7-10(15)9-1-3-13-8-14-9/h1,3,8,10,12H,2,4-7,11H2. The van der Waals surface area contributed by atoms with Crippen molar-refractivity contribution in [3.8, 4) is 0 Å². The Balaban J connectivity index is 2.11. The molecule has 5 heteroatoms. The molecule has 2 heterocycles. The third kappa shape index (κ3) is 2.50. The van der Waals surface area contributed by atoms with E-state index in [4.69, 9.17) is 5.73 Å². The van der Waals surface area contributed by atoms with Crippen molar-refractivity contribution in [2.24, 2.45) is 5.73 Å². The first-order valence-corrected chi connectivity index (χ1v) is 5.32. The predicted octanol–water partition coefficient (Wildman–Crippen LogP) is -0.618. The fraction of sp³-hybridized carbons (Fsp3) is 0.600. The van der Waals surface area contributed by atoms with Crippen molar-refractivity contribution in [1.82, 2.24) is 20.2 Å². The first-order chi connectivity index (χ1) is 7.42. The van der Waals surface area contributed by atoms with Crippen molar-refractivity contribution in [3.63, 3.8) is 0 Å². The Morgan fingerprint density at radius 2 is 2.53 bits per heavy atom. The molecule has 0 aliphatic carbocycles. The second kappa shape index (κ2) is 5.16. The molecule has 3 N–H and O–H groups in total. The molecular formula is C10H17N5. The van der Waals surface area contributed by atoms with E-state index in [0.29, 0.717) is 12.6 Å². The van der Waals surface area contributed by atoms with Crippen LogP contribution < -0.4 is 11.1 Å². The summed E-state index contributed by atoms with van der Waals surface area (Å²) in [5.41, 5.74) is 6.68. The van der Waals surface area contributed by atoms with E-state index in [-0.39, 0.29) is 0 Å². The maximum Gasteiger partial charge on any atom is 0.115 e. The number of piperazine rings is 1. The molecule has 1 aliphatic rings. The Labute approximate surface area is 89.7 Å². The van der Waals surface area contributed by atoms with Gasteiger partial charge in [-0.05, 0) is 6.07 Å². The van der Waals surface area contributed by atoms with Crippen molar-refractivity contribution >= 4 is 0 Å². The lowest BCUT2D eigenvalue weighted by Crippen LogP contribution is -2.47. The number of rotatable bonds is 3. The van der Waals surface area contributed by atoms with Gasteiger partial charge in [-0.1, -0.05) is 0 Å². The Bertz CT molecular complexity index is 287. The van der Waals surface area contributed by atoms with E-state index < -0.39 is 0 Å². The van der Waals surface area contributed by atoms with Crippen LogP contribution in [0.1, 0.15) is 11.7 Å². The van der Waals surface area contributed by atoms with E-state index in [2.05, 4.69) is 20.2 Å². The van der Waals surface area contributed by atoms with Gasteiger partial charge < -0.3 is 11.1 Å². The average Bonchev–Trinajstić information content (AvgIpc) is 2.31. The van der Waals surface area contributed by atoms with Gasteiger partial charge in [0, 0.05) is 38.9 Å². The van der Waals surface area contributed by atoms with Crippen LogP contribution in [0.25, 0.3) is 0 Å². The van der Waals surface area contributed by atoms with Crippen molar-refractivity contribution < 1.29 is 0 Å². The molecule has 1 aliphatic heterocycles. The van der Waals surface area contributed by atoms with Crippen LogP contribution in [0.3, 0.4) is 0 Å². The van der Waals surface area contributed by atoms with Crippen LogP contribution in [0.4, 0.5) is 0 Å². The van der Waals surface area contributed by atoms with E-state index >= 15 is 0 Å². The highest BCUT2D eigenvalue weighted by atomic mass is 15.2. The Morgan fingerprint density at radius 3 is 3.27 bits per heavy atom. The van der Waals surface area contributed by atoms with E-state index in [9.17, 15) is 0 Å². The molecule has 0 saturated carbocycles. The summed E-state index contributed by atoms with van der Waals surface area (Å²) in [5.74, 6) is 0. The Kier molecular flexibility index (Phi) is 3.60. The molecule has 1 aromatic rings. The molecule has 0 aromatic carbocycles. The van der Waals surface area contributed by atoms with Crippen LogP contribution in [0.5, 0.6) is 0 Å². The van der Waals surface area contributed by atoms with Gasteiger partial charge in [0.1, 0.15) is 6.33 Å². The molecule has 82 valence electrons. The highest BCUT2D eigenvalue weighted by molar-refractivity contribution is 5.07. The molecule has 0 amide bonds. The normalized spacial score (nSPS) is 22.9. The minimum absolute atomic E-state index is 0.338. The van der Waals surface area contributed by atoms with Gasteiger partial charge in [0.15, 0.2) is 0 Å². The third-order valence-corrected chi connectivity index (χ3v) is 2.72. The number of nitrogens with one attached hydrogen (secondary N) is 1. The Morgan fingerprint density at radius 1 is 1.60 bits per heavy atom. The van der Waals surface area contributed by atoms with Crippen molar-refractivity contribution in [2.45, 2.75) is 6.04 Å². The number of hydrogen-bond donors (Lipinski definition) is 2. The van der Waals surface area contributed by atoms with Gasteiger partial charge in [-0.3, -0.25) is 4.90 Å². The highest BCUT2D eigenvalue weighted by Gasteiger charge is 2.23. The maximum absolute atomic E-state index is 5.60. The SMILES string of the molecule is NCCN1CCNCC1c1ccncn1. The Hall–Kier alpha value is -1.04. The molecule has 1 fully saturated rings. The summed E-state index contributed by atoms with van der Waals surface area (Å²) in [6.45, 7) is 4.63. The van der Waals surface area contributed by atoms with E-state index in [1.807, 2.05) is 6.07 Å². The highest BCUT2D eigenvalue weighted by Crippen LogP contribution is 2.18. The summed E-state index contributed by atoms with van der Waals surface area (Å²) in [7, 11) is 0. The van der Waals surface area contributed by atoms with Crippen LogP contribution >= 0.6 is 0 Å². The summed E-state index contributed by atoms with van der Waals surface area (Å²) in [4.78, 5) is 10.6. The van der Waals surface area contributed by atoms with Crippen LogP contribution in [0, 0.1) is 0 Å². The second-order valence-corrected chi connectivity index (χ2v) is 3.68. The molecule has 0 spiro atoms. The van der Waals surface area contributed by atoms with Gasteiger partial charge in [-0.25, -0.2) is 9.97 Å². The number of nitrogens with zero attached hydrogens (tertiary/aromatic N) is 3. The van der Waals surface area contributed by atoms with Crippen LogP contribution in [0.2, 0.25) is 0 Å². The molecule has 15 heavy (non-hydrogen) atoms. The van der Waals surface area contributed by atoms with Crippen molar-refractivity contribution in [1.29, 1.82) is 0 Å². The smallest absolute Gasteiger partial charge is 0.115 e. The quantitative estimate of drug-likeness (QED) is 0.691. The van der Waals surface area contributed by atoms with Gasteiger partial charge in [-0.15, -0.1) is 0 Å². The van der Waals surface area contributed by atoms with Crippen LogP contribution in [0.15, 0.2) is 18.6 Å². The fourth-order valence-corrected chi connectivity index (χ4v) is 1.97. The summed E-state index contributed by atoms with van der Waals surface area (Å²) in [6, 6.07) is 2.31. The first-order valence-electron chi connectivity index (χ1n) is 5.32. The molecule has 1 unspecified atom stereocenters. The van der Waals surface area contributed by atoms with Gasteiger partial charge >= 0.3 is 0 Å². The molecule has 5 nitrogen and oxygen atoms in total. The number of hydrogen-bond acceptors (Lipinski definition) is 5. The first kappa shape index (κ1) is 10.5. The zero-order valence-corrected chi connectivity index (χ0v) is 8.76. The summed E-state index contributed by atoms with van der Waals surface area (Å²) in [6.07, 6.45) is 3.39. The number of nitrogens with two attached hydrogens (primary N) is 1. The monoisotopic (exact) mass is 207 g/mol. The van der Waals surface area contributed by atoms with Gasteiger partial charge in [-0.2, -0.15) is 0 Å². The predicted molar refractivity (Wildman–Crippen MR) is 58.3 cm³/mol. The molecule has 0 bridgehead atoms. The summed E-state index contributed by atoms with van der Waals surface area (Å²) in [5, 5.41) is 3.38. The minimum Gasteiger partial charge on any atom is -0.329 e. The van der Waals surface area contributed by atoms with Crippen LogP contribution in [-0.2, 0) is 0 Å². The molecular weight excluding hydrogens is 190 g/mol. The molecule has 2 rings (SSSR count). The molecule has 0 radical (unpaired) electrons.